The molecule has 2 aromatic heterocycles. The Hall–Kier alpha value is -2.44. The molecule has 0 saturated heterocycles. The average Bonchev–Trinajstić information content (AvgIpc) is 3.32. The first-order valence-corrected chi connectivity index (χ1v) is 10.1. The van der Waals surface area contributed by atoms with E-state index in [1.54, 1.807) is 35.2 Å². The predicted molar refractivity (Wildman–Crippen MR) is 104 cm³/mol. The van der Waals surface area contributed by atoms with Gasteiger partial charge >= 0.3 is 0 Å². The minimum absolute atomic E-state index is 0.218. The number of nitrogens with zero attached hydrogens (tertiary/aromatic N) is 3. The Kier molecular flexibility index (Phi) is 5.13. The number of halogens is 1. The Morgan fingerprint density at radius 1 is 0.923 bits per heavy atom. The number of para-hydroxylation sites is 1. The molecular weight excluding hydrogens is 365 g/mol. The van der Waals surface area contributed by atoms with Crippen LogP contribution in [0.3, 0.4) is 0 Å². The second kappa shape index (κ2) is 7.85. The molecule has 6 heteroatoms. The van der Waals surface area contributed by atoms with E-state index in [2.05, 4.69) is 38.3 Å². The second-order valence-corrected chi connectivity index (χ2v) is 7.72. The minimum Gasteiger partial charge on any atom is -0.274 e. The number of benzene rings is 2. The largest absolute Gasteiger partial charge is 0.274 e. The van der Waals surface area contributed by atoms with Crippen LogP contribution in [0.1, 0.15) is 16.3 Å². The summed E-state index contributed by atoms with van der Waals surface area (Å²) in [5.41, 5.74) is 2.10. The average molecular weight is 382 g/mol. The molecule has 0 atom stereocenters. The summed E-state index contributed by atoms with van der Waals surface area (Å²) in [6.45, 7) is 0. The molecule has 3 nitrogen and oxygen atoms in total. The van der Waals surface area contributed by atoms with Crippen LogP contribution < -0.4 is 0 Å². The highest BCUT2D eigenvalue weighted by Crippen LogP contribution is 2.27. The zero-order chi connectivity index (χ0) is 17.8. The number of rotatable bonds is 6. The molecule has 4 aromatic rings. The van der Waals surface area contributed by atoms with Gasteiger partial charge in [0.15, 0.2) is 5.16 Å². The highest BCUT2D eigenvalue weighted by atomic mass is 32.2. The van der Waals surface area contributed by atoms with E-state index in [4.69, 9.17) is 0 Å². The summed E-state index contributed by atoms with van der Waals surface area (Å²) in [5.74, 6) is 1.41. The summed E-state index contributed by atoms with van der Waals surface area (Å²) in [6.07, 6.45) is 0.747. The minimum atomic E-state index is -0.218. The Morgan fingerprint density at radius 2 is 1.73 bits per heavy atom. The summed E-state index contributed by atoms with van der Waals surface area (Å²) in [7, 11) is 0. The van der Waals surface area contributed by atoms with Crippen molar-refractivity contribution >= 4 is 23.1 Å². The third-order valence-electron chi connectivity index (χ3n) is 3.91. The molecule has 4 rings (SSSR count). The topological polar surface area (TPSA) is 30.7 Å². The van der Waals surface area contributed by atoms with Gasteiger partial charge < -0.3 is 0 Å². The maximum absolute atomic E-state index is 13.1. The third-order valence-corrected chi connectivity index (χ3v) is 5.78. The van der Waals surface area contributed by atoms with E-state index in [1.807, 2.05) is 24.3 Å². The number of aromatic nitrogens is 3. The molecule has 2 aromatic carbocycles. The summed E-state index contributed by atoms with van der Waals surface area (Å²) >= 11 is 3.32. The van der Waals surface area contributed by atoms with Crippen LogP contribution in [0.15, 0.2) is 77.3 Å². The standard InChI is InChI=1S/C20H16FN3S2/c21-16-10-8-15(9-11-16)14-26-20-23-22-19(13-18-7-4-12-25-18)24(20)17-5-2-1-3-6-17/h1-12H,13-14H2. The van der Waals surface area contributed by atoms with Gasteiger partial charge in [-0.2, -0.15) is 0 Å². The monoisotopic (exact) mass is 381 g/mol. The lowest BCUT2D eigenvalue weighted by Crippen LogP contribution is -2.03. The normalized spacial score (nSPS) is 11.0. The van der Waals surface area contributed by atoms with Gasteiger partial charge in [0.1, 0.15) is 11.6 Å². The van der Waals surface area contributed by atoms with Crippen molar-refractivity contribution in [3.63, 3.8) is 0 Å². The van der Waals surface area contributed by atoms with Crippen LogP contribution in [-0.2, 0) is 12.2 Å². The van der Waals surface area contributed by atoms with Gasteiger partial charge in [0.25, 0.3) is 0 Å². The van der Waals surface area contributed by atoms with Crippen molar-refractivity contribution in [2.45, 2.75) is 17.3 Å². The van der Waals surface area contributed by atoms with Gasteiger partial charge in [-0.15, -0.1) is 21.5 Å². The molecule has 2 heterocycles. The maximum atomic E-state index is 13.1. The van der Waals surface area contributed by atoms with Crippen LogP contribution in [0.5, 0.6) is 0 Å². The molecule has 0 unspecified atom stereocenters. The third kappa shape index (κ3) is 3.86. The number of thioether (sulfide) groups is 1. The molecule has 0 amide bonds. The molecule has 0 radical (unpaired) electrons. The fourth-order valence-electron chi connectivity index (χ4n) is 2.64. The van der Waals surface area contributed by atoms with Crippen molar-refractivity contribution in [3.8, 4) is 5.69 Å². The molecule has 130 valence electrons. The van der Waals surface area contributed by atoms with E-state index < -0.39 is 0 Å². The number of hydrogen-bond donors (Lipinski definition) is 0. The Bertz CT molecular complexity index is 964. The van der Waals surface area contributed by atoms with Gasteiger partial charge in [0.2, 0.25) is 0 Å². The summed E-state index contributed by atoms with van der Waals surface area (Å²) in [5, 5.41) is 11.8. The van der Waals surface area contributed by atoms with E-state index >= 15 is 0 Å². The van der Waals surface area contributed by atoms with Gasteiger partial charge in [-0.05, 0) is 41.3 Å². The van der Waals surface area contributed by atoms with Crippen LogP contribution in [0.2, 0.25) is 0 Å². The van der Waals surface area contributed by atoms with Crippen molar-refractivity contribution in [1.29, 1.82) is 0 Å². The van der Waals surface area contributed by atoms with Crippen molar-refractivity contribution < 1.29 is 4.39 Å². The summed E-state index contributed by atoms with van der Waals surface area (Å²) in [6, 6.07) is 20.9. The van der Waals surface area contributed by atoms with Gasteiger partial charge in [0.05, 0.1) is 0 Å². The molecule has 0 aliphatic heterocycles. The van der Waals surface area contributed by atoms with Crippen molar-refractivity contribution in [3.05, 3.63) is 94.2 Å². The van der Waals surface area contributed by atoms with Crippen LogP contribution in [0.4, 0.5) is 4.39 Å². The Balaban J connectivity index is 1.63. The molecule has 0 fully saturated rings. The second-order valence-electron chi connectivity index (χ2n) is 5.74. The Morgan fingerprint density at radius 3 is 2.46 bits per heavy atom. The van der Waals surface area contributed by atoms with Crippen molar-refractivity contribution in [2.24, 2.45) is 0 Å². The fraction of sp³-hybridized carbons (Fsp3) is 0.100. The van der Waals surface area contributed by atoms with Crippen LogP contribution in [0, 0.1) is 5.82 Å². The molecular formula is C20H16FN3S2. The lowest BCUT2D eigenvalue weighted by Gasteiger charge is -2.10. The van der Waals surface area contributed by atoms with E-state index in [-0.39, 0.29) is 5.82 Å². The number of thiophene rings is 1. The molecule has 0 N–H and O–H groups in total. The summed E-state index contributed by atoms with van der Waals surface area (Å²) in [4.78, 5) is 1.25. The lowest BCUT2D eigenvalue weighted by molar-refractivity contribution is 0.627. The molecule has 0 aliphatic carbocycles. The van der Waals surface area contributed by atoms with Gasteiger partial charge in [-0.3, -0.25) is 4.57 Å². The maximum Gasteiger partial charge on any atom is 0.196 e. The van der Waals surface area contributed by atoms with Crippen molar-refractivity contribution in [1.82, 2.24) is 14.8 Å². The van der Waals surface area contributed by atoms with Gasteiger partial charge in [0, 0.05) is 22.7 Å². The van der Waals surface area contributed by atoms with E-state index in [0.29, 0.717) is 5.75 Å². The summed E-state index contributed by atoms with van der Waals surface area (Å²) < 4.78 is 15.2. The molecule has 0 aliphatic rings. The molecule has 0 spiro atoms. The van der Waals surface area contributed by atoms with Crippen LogP contribution >= 0.6 is 23.1 Å². The molecule has 26 heavy (non-hydrogen) atoms. The SMILES string of the molecule is Fc1ccc(CSc2nnc(Cc3cccs3)n2-c2ccccc2)cc1. The van der Waals surface area contributed by atoms with Crippen LogP contribution in [0.25, 0.3) is 5.69 Å². The first kappa shape index (κ1) is 17.0. The van der Waals surface area contributed by atoms with Crippen molar-refractivity contribution in [2.75, 3.05) is 0 Å². The molecule has 0 bridgehead atoms. The first-order valence-electron chi connectivity index (χ1n) is 8.19. The fourth-order valence-corrected chi connectivity index (χ4v) is 4.27. The Labute approximate surface area is 159 Å². The zero-order valence-electron chi connectivity index (χ0n) is 13.9. The smallest absolute Gasteiger partial charge is 0.196 e. The van der Waals surface area contributed by atoms with E-state index in [0.717, 1.165) is 28.7 Å². The quantitative estimate of drug-likeness (QED) is 0.422. The zero-order valence-corrected chi connectivity index (χ0v) is 15.5. The molecule has 0 saturated carbocycles. The van der Waals surface area contributed by atoms with E-state index in [9.17, 15) is 4.39 Å². The predicted octanol–water partition coefficient (Wildman–Crippen LogP) is 5.35. The number of hydrogen-bond acceptors (Lipinski definition) is 4. The van der Waals surface area contributed by atoms with Crippen LogP contribution in [-0.4, -0.2) is 14.8 Å². The van der Waals surface area contributed by atoms with Gasteiger partial charge in [-0.1, -0.05) is 48.2 Å². The highest BCUT2D eigenvalue weighted by Gasteiger charge is 2.15. The lowest BCUT2D eigenvalue weighted by atomic mass is 10.2. The van der Waals surface area contributed by atoms with E-state index in [1.165, 1.54) is 17.0 Å². The first-order chi connectivity index (χ1) is 12.8. The van der Waals surface area contributed by atoms with Gasteiger partial charge in [-0.25, -0.2) is 4.39 Å². The highest BCUT2D eigenvalue weighted by molar-refractivity contribution is 7.98.